The maximum Gasteiger partial charge on any atom is 0.225 e. The molecule has 2 N–H and O–H groups in total. The van der Waals surface area contributed by atoms with Crippen LogP contribution in [0.1, 0.15) is 12.1 Å². The highest BCUT2D eigenvalue weighted by molar-refractivity contribution is 5.60. The molecule has 0 bridgehead atoms. The maximum atomic E-state index is 4.62. The first kappa shape index (κ1) is 18.7. The van der Waals surface area contributed by atoms with E-state index in [1.165, 1.54) is 0 Å². The Balaban J connectivity index is 1.75. The second kappa shape index (κ2) is 9.59. The van der Waals surface area contributed by atoms with Crippen LogP contribution in [0.5, 0.6) is 0 Å². The molecular weight excluding hydrogens is 338 g/mol. The van der Waals surface area contributed by atoms with Gasteiger partial charge in [-0.3, -0.25) is 9.97 Å². The van der Waals surface area contributed by atoms with Crippen LogP contribution in [0.2, 0.25) is 0 Å². The van der Waals surface area contributed by atoms with E-state index in [9.17, 15) is 0 Å². The molecule has 0 atom stereocenters. The predicted octanol–water partition coefficient (Wildman–Crippen LogP) is 2.91. The second-order valence-corrected chi connectivity index (χ2v) is 6.44. The fraction of sp³-hybridized carbons (Fsp3) is 0.300. The number of rotatable bonds is 9. The summed E-state index contributed by atoms with van der Waals surface area (Å²) in [5.74, 6) is 1.34. The molecule has 27 heavy (non-hydrogen) atoms. The van der Waals surface area contributed by atoms with E-state index >= 15 is 0 Å². The minimum atomic E-state index is 0.597. The van der Waals surface area contributed by atoms with Gasteiger partial charge in [0.2, 0.25) is 5.95 Å². The van der Waals surface area contributed by atoms with E-state index in [0.717, 1.165) is 42.4 Å². The molecule has 0 spiro atoms. The average molecular weight is 363 g/mol. The van der Waals surface area contributed by atoms with Gasteiger partial charge in [0.25, 0.3) is 0 Å². The molecule has 0 aliphatic rings. The van der Waals surface area contributed by atoms with E-state index in [4.69, 9.17) is 0 Å². The van der Waals surface area contributed by atoms with Crippen LogP contribution in [0.15, 0.2) is 54.9 Å². The molecule has 0 radical (unpaired) electrons. The molecule has 0 unspecified atom stereocenters. The number of aromatic nitrogens is 4. The minimum Gasteiger partial charge on any atom is -0.364 e. The van der Waals surface area contributed by atoms with Gasteiger partial charge in [0.1, 0.15) is 5.82 Å². The summed E-state index contributed by atoms with van der Waals surface area (Å²) in [6.45, 7) is 2.42. The van der Waals surface area contributed by atoms with Gasteiger partial charge in [-0.25, -0.2) is 4.98 Å². The highest BCUT2D eigenvalue weighted by Crippen LogP contribution is 2.19. The van der Waals surface area contributed by atoms with E-state index in [-0.39, 0.29) is 0 Å². The Hall–Kier alpha value is -3.06. The van der Waals surface area contributed by atoms with E-state index < -0.39 is 0 Å². The summed E-state index contributed by atoms with van der Waals surface area (Å²) in [4.78, 5) is 20.1. The predicted molar refractivity (Wildman–Crippen MR) is 108 cm³/mol. The van der Waals surface area contributed by atoms with Crippen molar-refractivity contribution in [1.29, 1.82) is 0 Å². The zero-order valence-corrected chi connectivity index (χ0v) is 15.8. The van der Waals surface area contributed by atoms with Crippen LogP contribution in [0.3, 0.4) is 0 Å². The van der Waals surface area contributed by atoms with Crippen molar-refractivity contribution in [3.05, 3.63) is 60.6 Å². The van der Waals surface area contributed by atoms with Crippen LogP contribution in [0, 0.1) is 0 Å². The van der Waals surface area contributed by atoms with E-state index in [1.54, 1.807) is 12.4 Å². The zero-order chi connectivity index (χ0) is 18.9. The van der Waals surface area contributed by atoms with Crippen LogP contribution in [-0.2, 0) is 6.54 Å². The van der Waals surface area contributed by atoms with Crippen molar-refractivity contribution in [1.82, 2.24) is 24.8 Å². The Morgan fingerprint density at radius 1 is 0.889 bits per heavy atom. The summed E-state index contributed by atoms with van der Waals surface area (Å²) in [5, 5.41) is 6.65. The molecule has 0 saturated carbocycles. The van der Waals surface area contributed by atoms with Gasteiger partial charge < -0.3 is 15.5 Å². The molecule has 0 aromatic carbocycles. The van der Waals surface area contributed by atoms with E-state index in [0.29, 0.717) is 12.5 Å². The number of hydrogen-bond donors (Lipinski definition) is 2. The summed E-state index contributed by atoms with van der Waals surface area (Å²) in [6.07, 6.45) is 4.57. The SMILES string of the molecule is CN(C)CCCNc1nc(NCc2ccccn2)cc(-c2ccccn2)n1. The lowest BCUT2D eigenvalue weighted by Gasteiger charge is -2.12. The molecule has 0 aliphatic heterocycles. The van der Waals surface area contributed by atoms with Gasteiger partial charge in [-0.1, -0.05) is 12.1 Å². The van der Waals surface area contributed by atoms with Crippen LogP contribution >= 0.6 is 0 Å². The lowest BCUT2D eigenvalue weighted by atomic mass is 10.2. The van der Waals surface area contributed by atoms with Crippen molar-refractivity contribution in [2.24, 2.45) is 0 Å². The van der Waals surface area contributed by atoms with Crippen LogP contribution < -0.4 is 10.6 Å². The Labute approximate surface area is 159 Å². The van der Waals surface area contributed by atoms with Crippen LogP contribution in [0.4, 0.5) is 11.8 Å². The van der Waals surface area contributed by atoms with Crippen LogP contribution in [-0.4, -0.2) is 52.0 Å². The molecule has 3 rings (SSSR count). The number of hydrogen-bond acceptors (Lipinski definition) is 7. The Morgan fingerprint density at radius 2 is 1.70 bits per heavy atom. The molecule has 140 valence electrons. The molecule has 0 saturated heterocycles. The zero-order valence-electron chi connectivity index (χ0n) is 15.8. The first-order valence-corrected chi connectivity index (χ1v) is 9.03. The molecule has 7 nitrogen and oxygen atoms in total. The largest absolute Gasteiger partial charge is 0.364 e. The van der Waals surface area contributed by atoms with E-state index in [2.05, 4.69) is 49.6 Å². The minimum absolute atomic E-state index is 0.597. The summed E-state index contributed by atoms with van der Waals surface area (Å²) >= 11 is 0. The lowest BCUT2D eigenvalue weighted by molar-refractivity contribution is 0.405. The molecule has 0 amide bonds. The molecule has 3 heterocycles. The standard InChI is InChI=1S/C20H25N7/c1-27(2)13-7-12-23-20-25-18(17-9-4-6-11-22-17)14-19(26-20)24-15-16-8-3-5-10-21-16/h3-6,8-11,14H,7,12-13,15H2,1-2H3,(H2,23,24,25,26). The topological polar surface area (TPSA) is 78.9 Å². The maximum absolute atomic E-state index is 4.62. The van der Waals surface area contributed by atoms with Crippen molar-refractivity contribution in [3.63, 3.8) is 0 Å². The normalized spacial score (nSPS) is 10.8. The lowest BCUT2D eigenvalue weighted by Crippen LogP contribution is -2.17. The van der Waals surface area contributed by atoms with E-state index in [1.807, 2.05) is 42.5 Å². The third-order valence-electron chi connectivity index (χ3n) is 3.90. The fourth-order valence-electron chi connectivity index (χ4n) is 2.54. The third kappa shape index (κ3) is 6.00. The fourth-order valence-corrected chi connectivity index (χ4v) is 2.54. The number of anilines is 2. The number of nitrogens with one attached hydrogen (secondary N) is 2. The molecule has 3 aromatic rings. The van der Waals surface area contributed by atoms with Gasteiger partial charge in [0.05, 0.1) is 23.6 Å². The highest BCUT2D eigenvalue weighted by atomic mass is 15.1. The number of pyridine rings is 2. The van der Waals surface area contributed by atoms with Gasteiger partial charge in [0.15, 0.2) is 0 Å². The smallest absolute Gasteiger partial charge is 0.225 e. The van der Waals surface area contributed by atoms with Crippen molar-refractivity contribution in [2.75, 3.05) is 37.8 Å². The quantitative estimate of drug-likeness (QED) is 0.566. The molecule has 0 fully saturated rings. The summed E-state index contributed by atoms with van der Waals surface area (Å²) in [5.41, 5.74) is 2.55. The van der Waals surface area contributed by atoms with Gasteiger partial charge in [-0.2, -0.15) is 4.98 Å². The van der Waals surface area contributed by atoms with Crippen molar-refractivity contribution in [3.8, 4) is 11.4 Å². The summed E-state index contributed by atoms with van der Waals surface area (Å²) in [6, 6.07) is 13.6. The summed E-state index contributed by atoms with van der Waals surface area (Å²) in [7, 11) is 4.13. The Bertz CT molecular complexity index is 822. The van der Waals surface area contributed by atoms with Crippen LogP contribution in [0.25, 0.3) is 11.4 Å². The van der Waals surface area contributed by atoms with Gasteiger partial charge >= 0.3 is 0 Å². The van der Waals surface area contributed by atoms with Crippen molar-refractivity contribution >= 4 is 11.8 Å². The average Bonchev–Trinajstić information content (AvgIpc) is 2.71. The van der Waals surface area contributed by atoms with Gasteiger partial charge in [-0.05, 0) is 51.3 Å². The Kier molecular flexibility index (Phi) is 6.65. The highest BCUT2D eigenvalue weighted by Gasteiger charge is 2.08. The van der Waals surface area contributed by atoms with Crippen molar-refractivity contribution < 1.29 is 0 Å². The Morgan fingerprint density at radius 3 is 2.41 bits per heavy atom. The molecular formula is C20H25N7. The summed E-state index contributed by atoms with van der Waals surface area (Å²) < 4.78 is 0. The molecule has 0 aliphatic carbocycles. The van der Waals surface area contributed by atoms with Gasteiger partial charge in [0, 0.05) is 25.0 Å². The molecule has 7 heteroatoms. The van der Waals surface area contributed by atoms with Gasteiger partial charge in [-0.15, -0.1) is 0 Å². The van der Waals surface area contributed by atoms with Crippen molar-refractivity contribution in [2.45, 2.75) is 13.0 Å². The second-order valence-electron chi connectivity index (χ2n) is 6.44. The third-order valence-corrected chi connectivity index (χ3v) is 3.90. The number of nitrogens with zero attached hydrogens (tertiary/aromatic N) is 5. The molecule has 3 aromatic heterocycles. The monoisotopic (exact) mass is 363 g/mol. The first-order valence-electron chi connectivity index (χ1n) is 9.03. The first-order chi connectivity index (χ1) is 13.2.